The van der Waals surface area contributed by atoms with Crippen molar-refractivity contribution in [2.45, 2.75) is 36.6 Å². The quantitative estimate of drug-likeness (QED) is 0.879. The van der Waals surface area contributed by atoms with Crippen molar-refractivity contribution < 1.29 is 9.59 Å². The van der Waals surface area contributed by atoms with E-state index in [1.807, 2.05) is 19.1 Å². The predicted molar refractivity (Wildman–Crippen MR) is 102 cm³/mol. The Balaban J connectivity index is 1.69. The maximum atomic E-state index is 12.6. The molecule has 3 rings (SSSR count). The minimum atomic E-state index is -0.266. The fraction of sp³-hybridized carbons (Fsp3) is 0.350. The summed E-state index contributed by atoms with van der Waals surface area (Å²) < 4.78 is 0. The molecule has 1 N–H and O–H groups in total. The van der Waals surface area contributed by atoms with Crippen molar-refractivity contribution in [3.63, 3.8) is 0 Å². The number of carbonyl (C=O) groups is 2. The van der Waals surface area contributed by atoms with Crippen LogP contribution in [0, 0.1) is 13.8 Å². The van der Waals surface area contributed by atoms with E-state index in [0.29, 0.717) is 10.6 Å². The maximum Gasteiger partial charge on any atom is 0.254 e. The fourth-order valence-electron chi connectivity index (χ4n) is 2.99. The average Bonchev–Trinajstić information content (AvgIpc) is 3.17. The van der Waals surface area contributed by atoms with Gasteiger partial charge in [0.15, 0.2) is 0 Å². The van der Waals surface area contributed by atoms with Gasteiger partial charge in [-0.05, 0) is 50.5 Å². The molecule has 1 fully saturated rings. The van der Waals surface area contributed by atoms with Crippen LogP contribution in [0.3, 0.4) is 0 Å². The summed E-state index contributed by atoms with van der Waals surface area (Å²) in [6.07, 6.45) is 3.76. The van der Waals surface area contributed by atoms with Gasteiger partial charge in [0, 0.05) is 24.2 Å². The Kier molecular flexibility index (Phi) is 5.93. The monoisotopic (exact) mass is 369 g/mol. The number of amides is 2. The molecule has 1 aliphatic heterocycles. The maximum absolute atomic E-state index is 12.6. The molecule has 0 radical (unpaired) electrons. The third-order valence-corrected chi connectivity index (χ3v) is 5.61. The molecule has 2 heterocycles. The van der Waals surface area contributed by atoms with Gasteiger partial charge >= 0.3 is 0 Å². The molecule has 0 saturated carbocycles. The van der Waals surface area contributed by atoms with E-state index in [9.17, 15) is 9.59 Å². The summed E-state index contributed by atoms with van der Waals surface area (Å²) in [5.41, 5.74) is 2.84. The topological polar surface area (TPSA) is 62.3 Å². The number of carbonyl (C=O) groups excluding carboxylic acids is 2. The van der Waals surface area contributed by atoms with E-state index in [4.69, 9.17) is 0 Å². The molecule has 0 spiro atoms. The molecule has 0 aliphatic carbocycles. The van der Waals surface area contributed by atoms with Crippen LogP contribution in [-0.4, -0.2) is 41.3 Å². The van der Waals surface area contributed by atoms with Gasteiger partial charge in [0.1, 0.15) is 5.03 Å². The number of nitrogens with zero attached hydrogens (tertiary/aromatic N) is 2. The third-order valence-electron chi connectivity index (χ3n) is 4.41. The lowest BCUT2D eigenvalue weighted by Gasteiger charge is -2.16. The van der Waals surface area contributed by atoms with E-state index in [2.05, 4.69) is 23.3 Å². The molecule has 2 aromatic rings. The number of pyridine rings is 1. The number of rotatable bonds is 5. The van der Waals surface area contributed by atoms with Gasteiger partial charge in [0.05, 0.1) is 12.1 Å². The minimum Gasteiger partial charge on any atom is -0.343 e. The SMILES string of the molecule is Cc1ccc(Sc2ncccc2C(=O)NCC(=O)N2CCCC2)c(C)c1. The predicted octanol–water partition coefficient (Wildman–Crippen LogP) is 3.20. The first-order valence-corrected chi connectivity index (χ1v) is 9.62. The highest BCUT2D eigenvalue weighted by molar-refractivity contribution is 7.99. The second kappa shape index (κ2) is 8.36. The smallest absolute Gasteiger partial charge is 0.254 e. The number of aryl methyl sites for hydroxylation is 2. The molecule has 0 bridgehead atoms. The zero-order valence-electron chi connectivity index (χ0n) is 15.1. The van der Waals surface area contributed by atoms with Crippen LogP contribution in [0.1, 0.15) is 34.3 Å². The molecule has 5 nitrogen and oxygen atoms in total. The van der Waals surface area contributed by atoms with Crippen LogP contribution in [-0.2, 0) is 4.79 Å². The van der Waals surface area contributed by atoms with Gasteiger partial charge in [-0.1, -0.05) is 29.5 Å². The van der Waals surface area contributed by atoms with E-state index < -0.39 is 0 Å². The standard InChI is InChI=1S/C20H23N3O2S/c1-14-7-8-17(15(2)12-14)26-20-16(6-5-9-21-20)19(25)22-13-18(24)23-10-3-4-11-23/h5-9,12H,3-4,10-11,13H2,1-2H3,(H,22,25). The average molecular weight is 369 g/mol. The molecule has 136 valence electrons. The lowest BCUT2D eigenvalue weighted by atomic mass is 10.2. The van der Waals surface area contributed by atoms with Crippen molar-refractivity contribution in [3.8, 4) is 0 Å². The molecule has 1 aromatic carbocycles. The minimum absolute atomic E-state index is 0.0247. The summed E-state index contributed by atoms with van der Waals surface area (Å²) >= 11 is 1.47. The number of hydrogen-bond donors (Lipinski definition) is 1. The molecule has 2 amide bonds. The first kappa shape index (κ1) is 18.5. The summed E-state index contributed by atoms with van der Waals surface area (Å²) in [7, 11) is 0. The number of nitrogens with one attached hydrogen (secondary N) is 1. The lowest BCUT2D eigenvalue weighted by Crippen LogP contribution is -2.38. The molecule has 6 heteroatoms. The first-order chi connectivity index (χ1) is 12.5. The van der Waals surface area contributed by atoms with Crippen molar-refractivity contribution in [2.24, 2.45) is 0 Å². The normalized spacial score (nSPS) is 13.7. The second-order valence-corrected chi connectivity index (χ2v) is 7.53. The highest BCUT2D eigenvalue weighted by atomic mass is 32.2. The van der Waals surface area contributed by atoms with E-state index in [-0.39, 0.29) is 18.4 Å². The fourth-order valence-corrected chi connectivity index (χ4v) is 3.94. The van der Waals surface area contributed by atoms with Crippen molar-refractivity contribution >= 4 is 23.6 Å². The Morgan fingerprint density at radius 2 is 1.96 bits per heavy atom. The van der Waals surface area contributed by atoms with E-state index in [0.717, 1.165) is 36.4 Å². The highest BCUT2D eigenvalue weighted by Gasteiger charge is 2.20. The van der Waals surface area contributed by atoms with Crippen molar-refractivity contribution in [3.05, 3.63) is 53.2 Å². The van der Waals surface area contributed by atoms with E-state index in [1.54, 1.807) is 23.2 Å². The van der Waals surface area contributed by atoms with Crippen LogP contribution in [0.15, 0.2) is 46.5 Å². The van der Waals surface area contributed by atoms with Gasteiger partial charge in [-0.25, -0.2) is 4.98 Å². The van der Waals surface area contributed by atoms with Gasteiger partial charge in [0.25, 0.3) is 5.91 Å². The van der Waals surface area contributed by atoms with Crippen LogP contribution in [0.2, 0.25) is 0 Å². The molecule has 1 saturated heterocycles. The Morgan fingerprint density at radius 3 is 2.69 bits per heavy atom. The van der Waals surface area contributed by atoms with Crippen LogP contribution in [0.25, 0.3) is 0 Å². The number of aromatic nitrogens is 1. The van der Waals surface area contributed by atoms with Crippen molar-refractivity contribution in [2.75, 3.05) is 19.6 Å². The summed E-state index contributed by atoms with van der Waals surface area (Å²) in [5.74, 6) is -0.291. The van der Waals surface area contributed by atoms with Crippen molar-refractivity contribution in [1.29, 1.82) is 0 Å². The largest absolute Gasteiger partial charge is 0.343 e. The van der Waals surface area contributed by atoms with Crippen LogP contribution >= 0.6 is 11.8 Å². The van der Waals surface area contributed by atoms with Crippen molar-refractivity contribution in [1.82, 2.24) is 15.2 Å². The van der Waals surface area contributed by atoms with Crippen LogP contribution in [0.5, 0.6) is 0 Å². The number of likely N-dealkylation sites (tertiary alicyclic amines) is 1. The van der Waals surface area contributed by atoms with Gasteiger partial charge in [-0.2, -0.15) is 0 Å². The molecular formula is C20H23N3O2S. The molecule has 1 aliphatic rings. The van der Waals surface area contributed by atoms with Gasteiger partial charge in [0.2, 0.25) is 5.91 Å². The van der Waals surface area contributed by atoms with E-state index in [1.165, 1.54) is 17.3 Å². The Morgan fingerprint density at radius 1 is 1.19 bits per heavy atom. The van der Waals surface area contributed by atoms with Crippen LogP contribution in [0.4, 0.5) is 0 Å². The number of hydrogen-bond acceptors (Lipinski definition) is 4. The zero-order chi connectivity index (χ0) is 18.5. The summed E-state index contributed by atoms with van der Waals surface area (Å²) in [5, 5.41) is 3.39. The summed E-state index contributed by atoms with van der Waals surface area (Å²) in [4.78, 5) is 31.9. The molecule has 1 aromatic heterocycles. The summed E-state index contributed by atoms with van der Waals surface area (Å²) in [6, 6.07) is 9.69. The molecular weight excluding hydrogens is 346 g/mol. The van der Waals surface area contributed by atoms with E-state index >= 15 is 0 Å². The highest BCUT2D eigenvalue weighted by Crippen LogP contribution is 2.31. The Labute approximate surface area is 158 Å². The number of benzene rings is 1. The van der Waals surface area contributed by atoms with Gasteiger partial charge < -0.3 is 10.2 Å². The Hall–Kier alpha value is -2.34. The van der Waals surface area contributed by atoms with Gasteiger partial charge in [-0.15, -0.1) is 0 Å². The molecule has 26 heavy (non-hydrogen) atoms. The lowest BCUT2D eigenvalue weighted by molar-refractivity contribution is -0.129. The Bertz CT molecular complexity index is 816. The second-order valence-electron chi connectivity index (χ2n) is 6.50. The summed E-state index contributed by atoms with van der Waals surface area (Å²) in [6.45, 7) is 5.71. The van der Waals surface area contributed by atoms with Crippen LogP contribution < -0.4 is 5.32 Å². The molecule has 0 atom stereocenters. The first-order valence-electron chi connectivity index (χ1n) is 8.80. The third kappa shape index (κ3) is 4.43. The zero-order valence-corrected chi connectivity index (χ0v) is 15.9. The molecule has 0 unspecified atom stereocenters. The van der Waals surface area contributed by atoms with Gasteiger partial charge in [-0.3, -0.25) is 9.59 Å².